The molecule has 0 aliphatic heterocycles. The van der Waals surface area contributed by atoms with Crippen molar-refractivity contribution in [2.75, 3.05) is 25.3 Å². The van der Waals surface area contributed by atoms with Crippen molar-refractivity contribution in [1.82, 2.24) is 14.5 Å². The highest BCUT2D eigenvalue weighted by Gasteiger charge is 2.18. The maximum Gasteiger partial charge on any atom is 0.226 e. The van der Waals surface area contributed by atoms with Gasteiger partial charge in [-0.25, -0.2) is 0 Å². The first-order valence-electron chi connectivity index (χ1n) is 9.56. The van der Waals surface area contributed by atoms with Gasteiger partial charge in [-0.1, -0.05) is 31.8 Å². The van der Waals surface area contributed by atoms with Gasteiger partial charge in [0.2, 0.25) is 5.28 Å². The van der Waals surface area contributed by atoms with E-state index in [2.05, 4.69) is 34.9 Å². The molecule has 0 saturated carbocycles. The Balaban J connectivity index is 1.88. The van der Waals surface area contributed by atoms with Gasteiger partial charge in [-0.3, -0.25) is 0 Å². The van der Waals surface area contributed by atoms with Crippen molar-refractivity contribution < 1.29 is 9.30 Å². The van der Waals surface area contributed by atoms with Gasteiger partial charge in [-0.15, -0.1) is 0 Å². The minimum atomic E-state index is -2.45. The third-order valence-electron chi connectivity index (χ3n) is 4.56. The van der Waals surface area contributed by atoms with Crippen LogP contribution in [-0.4, -0.2) is 42.5 Å². The lowest BCUT2D eigenvalue weighted by Crippen LogP contribution is -2.22. The topological polar surface area (TPSA) is 69.0 Å². The third-order valence-corrected chi connectivity index (χ3v) is 7.98. The Morgan fingerprint density at radius 1 is 1.17 bits per heavy atom. The zero-order chi connectivity index (χ0) is 21.2. The van der Waals surface area contributed by atoms with Gasteiger partial charge in [-0.2, -0.15) is 9.97 Å². The number of nitrogens with one attached hydrogen (secondary N) is 1. The molecule has 0 fully saturated rings. The van der Waals surface area contributed by atoms with Gasteiger partial charge in [0.25, 0.3) is 0 Å². The lowest BCUT2D eigenvalue weighted by atomic mass is 10.3. The molecule has 9 heteroatoms. The van der Waals surface area contributed by atoms with Gasteiger partial charge in [0, 0.05) is 26.2 Å². The molecule has 0 saturated heterocycles. The van der Waals surface area contributed by atoms with Gasteiger partial charge in [0.05, 0.1) is 11.1 Å². The van der Waals surface area contributed by atoms with E-state index >= 15 is 0 Å². The number of fused-ring (bicyclic) bond motifs is 1. The van der Waals surface area contributed by atoms with E-state index in [0.29, 0.717) is 18.2 Å². The molecule has 0 atom stereocenters. The van der Waals surface area contributed by atoms with Crippen molar-refractivity contribution >= 4 is 54.7 Å². The highest BCUT2D eigenvalue weighted by Crippen LogP contribution is 2.38. The van der Waals surface area contributed by atoms with Crippen LogP contribution < -0.4 is 10.6 Å². The van der Waals surface area contributed by atoms with Crippen LogP contribution in [0.4, 0.5) is 11.5 Å². The Labute approximate surface area is 178 Å². The van der Waals surface area contributed by atoms with Crippen LogP contribution >= 0.6 is 18.7 Å². The first-order valence-corrected chi connectivity index (χ1v) is 16.2. The van der Waals surface area contributed by atoms with Crippen molar-refractivity contribution in [2.24, 2.45) is 0 Å². The molecule has 0 unspecified atom stereocenters. The molecule has 3 rings (SSSR count). The third kappa shape index (κ3) is 5.69. The standard InChI is InChI=1S/C20H28ClN4O2PSi/c1-28(2,26)17-9-7-6-8-16(17)22-18-15-10-11-25(19(15)24-20(21)23-18)14-27-12-13-29(3,4)5/h6-11H,12-14H2,1-5H3,(H,22,23,24). The number of rotatable bonds is 8. The largest absolute Gasteiger partial charge is 0.361 e. The maximum absolute atomic E-state index is 12.7. The highest BCUT2D eigenvalue weighted by atomic mass is 35.5. The van der Waals surface area contributed by atoms with Crippen molar-refractivity contribution in [3.63, 3.8) is 0 Å². The fourth-order valence-corrected chi connectivity index (χ4v) is 5.03. The van der Waals surface area contributed by atoms with E-state index in [1.807, 2.05) is 41.1 Å². The number of benzene rings is 1. The van der Waals surface area contributed by atoms with E-state index in [1.165, 1.54) is 0 Å². The molecule has 6 nitrogen and oxygen atoms in total. The minimum absolute atomic E-state index is 0.149. The summed E-state index contributed by atoms with van der Waals surface area (Å²) in [5.74, 6) is 0.585. The molecule has 1 N–H and O–H groups in total. The fourth-order valence-electron chi connectivity index (χ4n) is 2.96. The maximum atomic E-state index is 12.7. The van der Waals surface area contributed by atoms with Gasteiger partial charge in [-0.05, 0) is 49.2 Å². The van der Waals surface area contributed by atoms with Crippen LogP contribution in [0.15, 0.2) is 36.5 Å². The van der Waals surface area contributed by atoms with Gasteiger partial charge in [0.15, 0.2) is 0 Å². The van der Waals surface area contributed by atoms with Crippen LogP contribution in [-0.2, 0) is 16.0 Å². The first-order chi connectivity index (χ1) is 13.5. The summed E-state index contributed by atoms with van der Waals surface area (Å²) in [6.45, 7) is 11.6. The second kappa shape index (κ2) is 8.60. The number of nitrogens with zero attached hydrogens (tertiary/aromatic N) is 3. The summed E-state index contributed by atoms with van der Waals surface area (Å²) in [4.78, 5) is 8.75. The van der Waals surface area contributed by atoms with E-state index in [-0.39, 0.29) is 5.28 Å². The van der Waals surface area contributed by atoms with Gasteiger partial charge < -0.3 is 19.2 Å². The van der Waals surface area contributed by atoms with Gasteiger partial charge in [0.1, 0.15) is 25.3 Å². The summed E-state index contributed by atoms with van der Waals surface area (Å²) >= 11 is 6.20. The van der Waals surface area contributed by atoms with Crippen LogP contribution in [0.5, 0.6) is 0 Å². The number of halogens is 1. The molecule has 0 aliphatic rings. The summed E-state index contributed by atoms with van der Waals surface area (Å²) in [6.07, 6.45) is 1.92. The Morgan fingerprint density at radius 3 is 2.59 bits per heavy atom. The molecule has 0 amide bonds. The number of aromatic nitrogens is 3. The molecule has 2 aromatic heterocycles. The quantitative estimate of drug-likeness (QED) is 0.216. The predicted octanol–water partition coefficient (Wildman–Crippen LogP) is 5.39. The highest BCUT2D eigenvalue weighted by molar-refractivity contribution is 7.70. The zero-order valence-corrected chi connectivity index (χ0v) is 20.2. The molecule has 3 aromatic rings. The van der Waals surface area contributed by atoms with E-state index in [4.69, 9.17) is 16.3 Å². The molecule has 156 valence electrons. The molecule has 29 heavy (non-hydrogen) atoms. The zero-order valence-electron chi connectivity index (χ0n) is 17.6. The molecule has 0 spiro atoms. The van der Waals surface area contributed by atoms with Crippen molar-refractivity contribution in [3.05, 3.63) is 41.8 Å². The van der Waals surface area contributed by atoms with E-state index < -0.39 is 15.2 Å². The van der Waals surface area contributed by atoms with Crippen LogP contribution in [0.2, 0.25) is 31.0 Å². The number of anilines is 2. The second-order valence-corrected chi connectivity index (χ2v) is 17.8. The summed E-state index contributed by atoms with van der Waals surface area (Å²) in [5.41, 5.74) is 1.46. The second-order valence-electron chi connectivity index (χ2n) is 8.71. The van der Waals surface area contributed by atoms with Crippen molar-refractivity contribution in [2.45, 2.75) is 32.4 Å². The minimum Gasteiger partial charge on any atom is -0.361 e. The van der Waals surface area contributed by atoms with E-state index in [1.54, 1.807) is 13.3 Å². The predicted molar refractivity (Wildman–Crippen MR) is 125 cm³/mol. The lowest BCUT2D eigenvalue weighted by Gasteiger charge is -2.16. The molecule has 0 aliphatic carbocycles. The van der Waals surface area contributed by atoms with E-state index in [9.17, 15) is 4.57 Å². The molecular formula is C20H28ClN4O2PSi. The molecule has 0 bridgehead atoms. The number of para-hydroxylation sites is 1. The SMILES string of the molecule is C[Si](C)(C)CCOCn1ccc2c(Nc3ccccc3P(C)(C)=O)nc(Cl)nc21. The Morgan fingerprint density at radius 2 is 1.90 bits per heavy atom. The van der Waals surface area contributed by atoms with Crippen LogP contribution in [0, 0.1) is 0 Å². The average molecular weight is 451 g/mol. The fraction of sp³-hybridized carbons (Fsp3) is 0.400. The average Bonchev–Trinajstić information content (AvgIpc) is 3.00. The molecule has 0 radical (unpaired) electrons. The molecule has 1 aromatic carbocycles. The van der Waals surface area contributed by atoms with Crippen molar-refractivity contribution in [3.8, 4) is 0 Å². The lowest BCUT2D eigenvalue weighted by molar-refractivity contribution is 0.0899. The Kier molecular flexibility index (Phi) is 6.53. The van der Waals surface area contributed by atoms with Crippen LogP contribution in [0.25, 0.3) is 11.0 Å². The Bertz CT molecular complexity index is 1060. The first kappa shape index (κ1) is 22.0. The van der Waals surface area contributed by atoms with Gasteiger partial charge >= 0.3 is 0 Å². The van der Waals surface area contributed by atoms with E-state index in [0.717, 1.165) is 29.0 Å². The monoisotopic (exact) mass is 450 g/mol. The molecular weight excluding hydrogens is 423 g/mol. The number of ether oxygens (including phenoxy) is 1. The van der Waals surface area contributed by atoms with Crippen molar-refractivity contribution in [1.29, 1.82) is 0 Å². The normalized spacial score (nSPS) is 12.5. The van der Waals surface area contributed by atoms with Crippen LogP contribution in [0.1, 0.15) is 0 Å². The number of hydrogen-bond donors (Lipinski definition) is 1. The summed E-state index contributed by atoms with van der Waals surface area (Å²) in [5, 5.41) is 5.06. The summed E-state index contributed by atoms with van der Waals surface area (Å²) in [6, 6.07) is 10.6. The summed E-state index contributed by atoms with van der Waals surface area (Å²) in [7, 11) is -3.58. The molecule has 2 heterocycles. The Hall–Kier alpha value is -1.66. The van der Waals surface area contributed by atoms with Crippen LogP contribution in [0.3, 0.4) is 0 Å². The number of hydrogen-bond acceptors (Lipinski definition) is 5. The summed E-state index contributed by atoms with van der Waals surface area (Å²) < 4.78 is 20.4. The smallest absolute Gasteiger partial charge is 0.226 e.